The zero-order valence-corrected chi connectivity index (χ0v) is 9.26. The molecule has 0 radical (unpaired) electrons. The van der Waals surface area contributed by atoms with E-state index in [0.29, 0.717) is 6.61 Å². The van der Waals surface area contributed by atoms with Crippen LogP contribution < -0.4 is 5.32 Å². The van der Waals surface area contributed by atoms with Crippen LogP contribution in [0.1, 0.15) is 17.5 Å². The minimum Gasteiger partial charge on any atom is -0.372 e. The molecule has 2 nitrogen and oxygen atoms in total. The lowest BCUT2D eigenvalue weighted by atomic mass is 10.1. The van der Waals surface area contributed by atoms with Gasteiger partial charge in [0, 0.05) is 6.54 Å². The molecule has 0 aliphatic carbocycles. The van der Waals surface area contributed by atoms with Crippen molar-refractivity contribution in [3.8, 4) is 0 Å². The summed E-state index contributed by atoms with van der Waals surface area (Å²) in [6.45, 7) is 2.13. The first-order valence-corrected chi connectivity index (χ1v) is 5.54. The second-order valence-electron chi connectivity index (χ2n) is 4.12. The highest BCUT2D eigenvalue weighted by Crippen LogP contribution is 2.29. The van der Waals surface area contributed by atoms with Crippen LogP contribution in [-0.4, -0.2) is 19.2 Å². The topological polar surface area (TPSA) is 21.3 Å². The van der Waals surface area contributed by atoms with Crippen molar-refractivity contribution in [3.63, 3.8) is 0 Å². The van der Waals surface area contributed by atoms with Crippen LogP contribution in [0.4, 0.5) is 13.2 Å². The summed E-state index contributed by atoms with van der Waals surface area (Å²) in [7, 11) is 0. The Morgan fingerprint density at radius 1 is 1.24 bits per heavy atom. The highest BCUT2D eigenvalue weighted by Gasteiger charge is 2.29. The van der Waals surface area contributed by atoms with E-state index in [1.165, 1.54) is 12.1 Å². The first kappa shape index (κ1) is 12.4. The second kappa shape index (κ2) is 5.06. The maximum Gasteiger partial charge on any atom is 0.416 e. The number of alkyl halides is 3. The molecule has 1 heterocycles. The maximum atomic E-state index is 12.3. The molecule has 0 saturated carbocycles. The van der Waals surface area contributed by atoms with Crippen LogP contribution in [0, 0.1) is 0 Å². The van der Waals surface area contributed by atoms with Gasteiger partial charge in [0.15, 0.2) is 0 Å². The normalized spacial score (nSPS) is 20.8. The third-order valence-electron chi connectivity index (χ3n) is 2.78. The summed E-state index contributed by atoms with van der Waals surface area (Å²) in [4.78, 5) is 0. The van der Waals surface area contributed by atoms with Gasteiger partial charge in [-0.15, -0.1) is 0 Å². The third-order valence-corrected chi connectivity index (χ3v) is 2.78. The highest BCUT2D eigenvalue weighted by atomic mass is 19.4. The summed E-state index contributed by atoms with van der Waals surface area (Å²) in [5.74, 6) is 0. The maximum absolute atomic E-state index is 12.3. The molecule has 2 rings (SSSR count). The first-order chi connectivity index (χ1) is 8.05. The van der Waals surface area contributed by atoms with Crippen LogP contribution in [0.15, 0.2) is 24.3 Å². The van der Waals surface area contributed by atoms with E-state index >= 15 is 0 Å². The van der Waals surface area contributed by atoms with Gasteiger partial charge < -0.3 is 10.1 Å². The zero-order valence-electron chi connectivity index (χ0n) is 9.26. The molecule has 1 atom stereocenters. The van der Waals surface area contributed by atoms with Crippen LogP contribution in [0.2, 0.25) is 0 Å². The van der Waals surface area contributed by atoms with E-state index in [9.17, 15) is 13.2 Å². The van der Waals surface area contributed by atoms with Crippen LogP contribution >= 0.6 is 0 Å². The van der Waals surface area contributed by atoms with Crippen molar-refractivity contribution in [2.45, 2.75) is 25.3 Å². The predicted octanol–water partition coefficient (Wildman–Crippen LogP) is 2.58. The molecular formula is C12H14F3NO. The molecule has 1 aliphatic rings. The summed E-state index contributed by atoms with van der Waals surface area (Å²) in [6, 6.07) is 5.10. The number of benzene rings is 1. The lowest BCUT2D eigenvalue weighted by molar-refractivity contribution is -0.137. The molecule has 1 N–H and O–H groups in total. The van der Waals surface area contributed by atoms with Crippen molar-refractivity contribution in [2.75, 3.05) is 13.1 Å². The van der Waals surface area contributed by atoms with Crippen molar-refractivity contribution in [1.29, 1.82) is 0 Å². The summed E-state index contributed by atoms with van der Waals surface area (Å²) >= 11 is 0. The Morgan fingerprint density at radius 2 is 1.94 bits per heavy atom. The van der Waals surface area contributed by atoms with Gasteiger partial charge in [0.1, 0.15) is 0 Å². The molecule has 1 aliphatic heterocycles. The Morgan fingerprint density at radius 3 is 2.47 bits per heavy atom. The second-order valence-corrected chi connectivity index (χ2v) is 4.12. The predicted molar refractivity (Wildman–Crippen MR) is 57.5 cm³/mol. The molecule has 0 aromatic heterocycles. The van der Waals surface area contributed by atoms with E-state index in [-0.39, 0.29) is 6.10 Å². The molecule has 17 heavy (non-hydrogen) atoms. The summed E-state index contributed by atoms with van der Waals surface area (Å²) in [6.07, 6.45) is -3.13. The van der Waals surface area contributed by atoms with Gasteiger partial charge in [0.2, 0.25) is 0 Å². The average molecular weight is 245 g/mol. The van der Waals surface area contributed by atoms with Crippen LogP contribution in [0.25, 0.3) is 0 Å². The molecule has 94 valence electrons. The number of nitrogens with one attached hydrogen (secondary N) is 1. The van der Waals surface area contributed by atoms with Crippen molar-refractivity contribution >= 4 is 0 Å². The van der Waals surface area contributed by atoms with Gasteiger partial charge in [-0.05, 0) is 30.7 Å². The quantitative estimate of drug-likeness (QED) is 0.883. The molecule has 1 saturated heterocycles. The zero-order chi connectivity index (χ0) is 12.3. The fourth-order valence-electron chi connectivity index (χ4n) is 1.77. The lowest BCUT2D eigenvalue weighted by Gasteiger charge is -2.11. The van der Waals surface area contributed by atoms with Crippen molar-refractivity contribution < 1.29 is 17.9 Å². The molecule has 5 heteroatoms. The standard InChI is InChI=1S/C12H14F3NO/c13-12(14,15)10-3-1-9(2-4-10)8-17-11-5-6-16-7-11/h1-4,11,16H,5-8H2/t11-/m0/s1. The summed E-state index contributed by atoms with van der Waals surface area (Å²) in [5.41, 5.74) is 0.147. The van der Waals surface area contributed by atoms with Gasteiger partial charge >= 0.3 is 6.18 Å². The van der Waals surface area contributed by atoms with E-state index in [4.69, 9.17) is 4.74 Å². The van der Waals surface area contributed by atoms with E-state index in [1.54, 1.807) is 0 Å². The third kappa shape index (κ3) is 3.44. The number of rotatable bonds is 3. The molecule has 1 fully saturated rings. The minimum atomic E-state index is -4.27. The van der Waals surface area contributed by atoms with Gasteiger partial charge in [-0.2, -0.15) is 13.2 Å². The van der Waals surface area contributed by atoms with Crippen molar-refractivity contribution in [2.24, 2.45) is 0 Å². The van der Waals surface area contributed by atoms with Crippen LogP contribution in [0.3, 0.4) is 0 Å². The van der Waals surface area contributed by atoms with Crippen molar-refractivity contribution in [3.05, 3.63) is 35.4 Å². The average Bonchev–Trinajstić information content (AvgIpc) is 2.78. The van der Waals surface area contributed by atoms with Gasteiger partial charge in [0.25, 0.3) is 0 Å². The molecule has 0 spiro atoms. The van der Waals surface area contributed by atoms with E-state index in [1.807, 2.05) is 0 Å². The number of hydrogen-bond acceptors (Lipinski definition) is 2. The molecule has 0 unspecified atom stereocenters. The molecule has 1 aromatic rings. The number of ether oxygens (including phenoxy) is 1. The molecular weight excluding hydrogens is 231 g/mol. The van der Waals surface area contributed by atoms with E-state index in [0.717, 1.165) is 37.2 Å². The summed E-state index contributed by atoms with van der Waals surface area (Å²) in [5, 5.41) is 3.16. The molecule has 0 bridgehead atoms. The lowest BCUT2D eigenvalue weighted by Crippen LogP contribution is -2.16. The fourth-order valence-corrected chi connectivity index (χ4v) is 1.77. The van der Waals surface area contributed by atoms with E-state index in [2.05, 4.69) is 5.32 Å². The number of hydrogen-bond donors (Lipinski definition) is 1. The molecule has 0 amide bonds. The Labute approximate surface area is 97.8 Å². The summed E-state index contributed by atoms with van der Waals surface area (Å²) < 4.78 is 42.5. The monoisotopic (exact) mass is 245 g/mol. The van der Waals surface area contributed by atoms with Gasteiger partial charge in [-0.1, -0.05) is 12.1 Å². The van der Waals surface area contributed by atoms with Crippen LogP contribution in [0.5, 0.6) is 0 Å². The largest absolute Gasteiger partial charge is 0.416 e. The van der Waals surface area contributed by atoms with Gasteiger partial charge in [-0.25, -0.2) is 0 Å². The van der Waals surface area contributed by atoms with Gasteiger partial charge in [0.05, 0.1) is 18.3 Å². The SMILES string of the molecule is FC(F)(F)c1ccc(CO[C@H]2CCNC2)cc1. The van der Waals surface area contributed by atoms with Gasteiger partial charge in [-0.3, -0.25) is 0 Å². The van der Waals surface area contributed by atoms with Crippen LogP contribution in [-0.2, 0) is 17.5 Å². The van der Waals surface area contributed by atoms with E-state index < -0.39 is 11.7 Å². The Hall–Kier alpha value is -1.07. The Balaban J connectivity index is 1.89. The molecule has 1 aromatic carbocycles. The van der Waals surface area contributed by atoms with Crippen molar-refractivity contribution in [1.82, 2.24) is 5.32 Å². The fraction of sp³-hybridized carbons (Fsp3) is 0.500. The number of halogens is 3. The first-order valence-electron chi connectivity index (χ1n) is 5.54. The highest BCUT2D eigenvalue weighted by molar-refractivity contribution is 5.24. The Bertz CT molecular complexity index is 355. The smallest absolute Gasteiger partial charge is 0.372 e. The Kier molecular flexibility index (Phi) is 3.69. The minimum absolute atomic E-state index is 0.178.